The fourth-order valence-electron chi connectivity index (χ4n) is 2.09. The van der Waals surface area contributed by atoms with Gasteiger partial charge in [-0.25, -0.2) is 4.79 Å². The number of carbonyl (C=O) groups is 1. The van der Waals surface area contributed by atoms with Gasteiger partial charge in [-0.05, 0) is 43.5 Å². The molecule has 0 heterocycles. The van der Waals surface area contributed by atoms with Gasteiger partial charge in [0, 0.05) is 0 Å². The zero-order chi connectivity index (χ0) is 15.2. The lowest BCUT2D eigenvalue weighted by atomic mass is 10.1. The van der Waals surface area contributed by atoms with E-state index in [9.17, 15) is 4.79 Å². The van der Waals surface area contributed by atoms with E-state index in [1.165, 1.54) is 0 Å². The third-order valence-electron chi connectivity index (χ3n) is 3.27. The number of aryl methyl sites for hydroxylation is 2. The van der Waals surface area contributed by atoms with E-state index in [2.05, 4.69) is 0 Å². The summed E-state index contributed by atoms with van der Waals surface area (Å²) in [7, 11) is 0. The maximum atomic E-state index is 12.3. The molecule has 1 unspecified atom stereocenters. The van der Waals surface area contributed by atoms with Crippen molar-refractivity contribution in [3.63, 3.8) is 0 Å². The molecule has 0 aliphatic heterocycles. The van der Waals surface area contributed by atoms with Crippen molar-refractivity contribution in [3.05, 3.63) is 59.7 Å². The molecular formula is C18H20O3. The first-order valence-corrected chi connectivity index (χ1v) is 7.11. The molecule has 3 nitrogen and oxygen atoms in total. The Morgan fingerprint density at radius 2 is 1.62 bits per heavy atom. The Kier molecular flexibility index (Phi) is 4.99. The van der Waals surface area contributed by atoms with E-state index >= 15 is 0 Å². The second kappa shape index (κ2) is 6.93. The lowest BCUT2D eigenvalue weighted by molar-refractivity contribution is -0.142. The van der Waals surface area contributed by atoms with Crippen LogP contribution in [0, 0.1) is 13.8 Å². The highest BCUT2D eigenvalue weighted by Crippen LogP contribution is 2.23. The average Bonchev–Trinajstić information content (AvgIpc) is 2.49. The minimum Gasteiger partial charge on any atom is -0.479 e. The summed E-state index contributed by atoms with van der Waals surface area (Å²) in [5, 5.41) is 0. The number of hydrogen-bond acceptors (Lipinski definition) is 3. The summed E-state index contributed by atoms with van der Waals surface area (Å²) in [5.41, 5.74) is 1.89. The molecule has 0 bridgehead atoms. The largest absolute Gasteiger partial charge is 0.479 e. The molecule has 0 aliphatic carbocycles. The van der Waals surface area contributed by atoms with E-state index in [4.69, 9.17) is 9.47 Å². The minimum atomic E-state index is -0.605. The van der Waals surface area contributed by atoms with Crippen molar-refractivity contribution < 1.29 is 14.3 Å². The first-order chi connectivity index (χ1) is 10.1. The van der Waals surface area contributed by atoms with Gasteiger partial charge in [0.05, 0.1) is 0 Å². The Bertz CT molecular complexity index is 585. The maximum Gasteiger partial charge on any atom is 0.352 e. The first kappa shape index (κ1) is 15.1. The van der Waals surface area contributed by atoms with Crippen molar-refractivity contribution in [1.29, 1.82) is 0 Å². The van der Waals surface area contributed by atoms with Gasteiger partial charge in [-0.15, -0.1) is 0 Å². The van der Waals surface area contributed by atoms with Crippen LogP contribution in [0.25, 0.3) is 0 Å². The summed E-state index contributed by atoms with van der Waals surface area (Å²) in [6, 6.07) is 15.1. The summed E-state index contributed by atoms with van der Waals surface area (Å²) in [6.07, 6.45) is -0.0510. The third-order valence-corrected chi connectivity index (χ3v) is 3.27. The molecule has 2 aromatic carbocycles. The van der Waals surface area contributed by atoms with Crippen molar-refractivity contribution >= 4 is 5.97 Å². The molecule has 1 atom stereocenters. The van der Waals surface area contributed by atoms with Gasteiger partial charge < -0.3 is 9.47 Å². The van der Waals surface area contributed by atoms with Gasteiger partial charge in [0.2, 0.25) is 0 Å². The van der Waals surface area contributed by atoms with Crippen LogP contribution in [0.2, 0.25) is 0 Å². The molecule has 0 amide bonds. The van der Waals surface area contributed by atoms with Crippen molar-refractivity contribution in [2.75, 3.05) is 0 Å². The van der Waals surface area contributed by atoms with E-state index in [1.807, 2.05) is 69.3 Å². The summed E-state index contributed by atoms with van der Waals surface area (Å²) < 4.78 is 11.2. The fourth-order valence-corrected chi connectivity index (χ4v) is 2.09. The van der Waals surface area contributed by atoms with Crippen LogP contribution in [0.5, 0.6) is 11.5 Å². The Morgan fingerprint density at radius 1 is 1.00 bits per heavy atom. The molecule has 2 aromatic rings. The SMILES string of the molecule is CCC(Oc1ccccc1)C(=O)Oc1c(C)cccc1C. The normalized spacial score (nSPS) is 11.8. The third kappa shape index (κ3) is 3.85. The Hall–Kier alpha value is -2.29. The van der Waals surface area contributed by atoms with E-state index in [0.29, 0.717) is 17.9 Å². The highest BCUT2D eigenvalue weighted by molar-refractivity contribution is 5.78. The topological polar surface area (TPSA) is 35.5 Å². The maximum absolute atomic E-state index is 12.3. The monoisotopic (exact) mass is 284 g/mol. The van der Waals surface area contributed by atoms with Gasteiger partial charge in [0.25, 0.3) is 0 Å². The fraction of sp³-hybridized carbons (Fsp3) is 0.278. The molecule has 0 fully saturated rings. The van der Waals surface area contributed by atoms with Crippen molar-refractivity contribution in [3.8, 4) is 11.5 Å². The van der Waals surface area contributed by atoms with Crippen molar-refractivity contribution in [2.24, 2.45) is 0 Å². The standard InChI is InChI=1S/C18H20O3/c1-4-16(20-15-11-6-5-7-12-15)18(19)21-17-13(2)9-8-10-14(17)3/h5-12,16H,4H2,1-3H3. The van der Waals surface area contributed by atoms with Gasteiger partial charge in [0.1, 0.15) is 11.5 Å². The number of esters is 1. The molecule has 3 heteroatoms. The van der Waals surface area contributed by atoms with Crippen molar-refractivity contribution in [2.45, 2.75) is 33.3 Å². The van der Waals surface area contributed by atoms with Gasteiger partial charge in [-0.3, -0.25) is 0 Å². The average molecular weight is 284 g/mol. The Labute approximate surface area is 125 Å². The molecule has 0 radical (unpaired) electrons. The zero-order valence-corrected chi connectivity index (χ0v) is 12.6. The number of para-hydroxylation sites is 2. The van der Waals surface area contributed by atoms with Crippen LogP contribution in [0.4, 0.5) is 0 Å². The van der Waals surface area contributed by atoms with E-state index < -0.39 is 6.10 Å². The molecule has 2 rings (SSSR count). The molecule has 0 spiro atoms. The van der Waals surface area contributed by atoms with Crippen LogP contribution < -0.4 is 9.47 Å². The molecule has 0 saturated heterocycles. The van der Waals surface area contributed by atoms with Crippen LogP contribution in [0.15, 0.2) is 48.5 Å². The number of rotatable bonds is 5. The summed E-state index contributed by atoms with van der Waals surface area (Å²) in [4.78, 5) is 12.3. The van der Waals surface area contributed by atoms with E-state index in [0.717, 1.165) is 11.1 Å². The highest BCUT2D eigenvalue weighted by Gasteiger charge is 2.22. The predicted octanol–water partition coefficient (Wildman–Crippen LogP) is 4.07. The van der Waals surface area contributed by atoms with E-state index in [-0.39, 0.29) is 5.97 Å². The number of carbonyl (C=O) groups excluding carboxylic acids is 1. The van der Waals surface area contributed by atoms with Crippen LogP contribution in [-0.4, -0.2) is 12.1 Å². The van der Waals surface area contributed by atoms with E-state index in [1.54, 1.807) is 0 Å². The van der Waals surface area contributed by atoms with Crippen molar-refractivity contribution in [1.82, 2.24) is 0 Å². The molecule has 0 aliphatic rings. The first-order valence-electron chi connectivity index (χ1n) is 7.11. The number of ether oxygens (including phenoxy) is 2. The molecule has 0 aromatic heterocycles. The Morgan fingerprint density at radius 3 is 2.19 bits per heavy atom. The Balaban J connectivity index is 2.10. The van der Waals surface area contributed by atoms with Crippen LogP contribution in [0.3, 0.4) is 0 Å². The summed E-state index contributed by atoms with van der Waals surface area (Å²) in [5.74, 6) is 0.930. The van der Waals surface area contributed by atoms with Gasteiger partial charge in [0.15, 0.2) is 6.10 Å². The smallest absolute Gasteiger partial charge is 0.352 e. The summed E-state index contributed by atoms with van der Waals surface area (Å²) in [6.45, 7) is 5.75. The lowest BCUT2D eigenvalue weighted by Crippen LogP contribution is -2.31. The second-order valence-corrected chi connectivity index (χ2v) is 4.97. The number of benzene rings is 2. The van der Waals surface area contributed by atoms with Gasteiger partial charge in [-0.2, -0.15) is 0 Å². The van der Waals surface area contributed by atoms with Crippen LogP contribution in [-0.2, 0) is 4.79 Å². The van der Waals surface area contributed by atoms with Crippen LogP contribution >= 0.6 is 0 Å². The van der Waals surface area contributed by atoms with Crippen LogP contribution in [0.1, 0.15) is 24.5 Å². The van der Waals surface area contributed by atoms with Gasteiger partial charge >= 0.3 is 5.97 Å². The highest BCUT2D eigenvalue weighted by atomic mass is 16.6. The molecule has 0 saturated carbocycles. The van der Waals surface area contributed by atoms with Gasteiger partial charge in [-0.1, -0.05) is 43.3 Å². The quantitative estimate of drug-likeness (QED) is 0.613. The second-order valence-electron chi connectivity index (χ2n) is 4.97. The predicted molar refractivity (Wildman–Crippen MR) is 82.7 cm³/mol. The zero-order valence-electron chi connectivity index (χ0n) is 12.6. The molecule has 21 heavy (non-hydrogen) atoms. The number of hydrogen-bond donors (Lipinski definition) is 0. The molecule has 0 N–H and O–H groups in total. The molecular weight excluding hydrogens is 264 g/mol. The summed E-state index contributed by atoms with van der Waals surface area (Å²) >= 11 is 0. The minimum absolute atomic E-state index is 0.362. The molecule has 110 valence electrons. The lowest BCUT2D eigenvalue weighted by Gasteiger charge is -2.18.